The summed E-state index contributed by atoms with van der Waals surface area (Å²) in [4.78, 5) is 2.89. The lowest BCUT2D eigenvalue weighted by molar-refractivity contribution is 0.134. The normalized spacial score (nSPS) is 23.1. The molecule has 1 aliphatic rings. The largest absolute Gasteiger partial charge is 0.406 e. The number of nitrogens with zero attached hydrogens (tertiary/aromatic N) is 5. The molecule has 0 radical (unpaired) electrons. The molecule has 6 heteroatoms. The van der Waals surface area contributed by atoms with E-state index in [2.05, 4.69) is 16.4 Å². The van der Waals surface area contributed by atoms with Gasteiger partial charge in [0.05, 0.1) is 26.3 Å². The molecule has 0 aromatic carbocycles. The lowest BCUT2D eigenvalue weighted by Gasteiger charge is -2.30. The zero-order chi connectivity index (χ0) is 11.2. The molecule has 0 fully saturated rings. The van der Waals surface area contributed by atoms with Crippen LogP contribution in [0.3, 0.4) is 0 Å². The second kappa shape index (κ2) is 3.04. The summed E-state index contributed by atoms with van der Waals surface area (Å²) in [5.41, 5.74) is 0.801. The molecule has 1 aliphatic heterocycles. The van der Waals surface area contributed by atoms with E-state index in [-0.39, 0.29) is 6.04 Å². The van der Waals surface area contributed by atoms with E-state index in [1.807, 2.05) is 39.3 Å². The van der Waals surface area contributed by atoms with Gasteiger partial charge in [-0.25, -0.2) is 4.48 Å². The number of rotatable bonds is 1. The van der Waals surface area contributed by atoms with Gasteiger partial charge in [0.1, 0.15) is 0 Å². The number of hydrogen-bond donors (Lipinski definition) is 1. The Kier molecular flexibility index (Phi) is 2.06. The number of aromatic nitrogens is 3. The minimum Gasteiger partial charge on any atom is -0.406 e. The molecule has 2 rings (SSSR count). The Balaban J connectivity index is 2.57. The molecule has 0 spiro atoms. The van der Waals surface area contributed by atoms with Gasteiger partial charge in [-0.2, -0.15) is 0 Å². The van der Waals surface area contributed by atoms with Gasteiger partial charge < -0.3 is 5.21 Å². The van der Waals surface area contributed by atoms with Crippen molar-refractivity contribution >= 4 is 5.82 Å². The van der Waals surface area contributed by atoms with Crippen molar-refractivity contribution in [2.24, 2.45) is 0 Å². The van der Waals surface area contributed by atoms with Crippen molar-refractivity contribution in [2.75, 3.05) is 28.2 Å². The van der Waals surface area contributed by atoms with Gasteiger partial charge in [-0.3, -0.25) is 4.90 Å². The first-order valence-corrected chi connectivity index (χ1v) is 4.78. The van der Waals surface area contributed by atoms with E-state index in [0.29, 0.717) is 10.3 Å². The highest BCUT2D eigenvalue weighted by Crippen LogP contribution is 2.34. The van der Waals surface area contributed by atoms with Crippen molar-refractivity contribution in [1.82, 2.24) is 24.5 Å². The Hall–Kier alpha value is -1.40. The molecule has 1 N–H and O–H groups in total. The zero-order valence-electron chi connectivity index (χ0n) is 9.42. The van der Waals surface area contributed by atoms with E-state index in [9.17, 15) is 5.21 Å². The maximum absolute atomic E-state index is 9.61. The first-order chi connectivity index (χ1) is 6.93. The standard InChI is InChI=1S/C9H16N5O/c1-12(2)7-5-6-14(3,4)9-8(7)10-11-13(9)15/h5-7,15H,1-4H3/q+1. The zero-order valence-corrected chi connectivity index (χ0v) is 9.42. The molecule has 15 heavy (non-hydrogen) atoms. The summed E-state index contributed by atoms with van der Waals surface area (Å²) in [6, 6.07) is 0.0760. The average molecular weight is 210 g/mol. The van der Waals surface area contributed by atoms with Crippen molar-refractivity contribution < 1.29 is 5.21 Å². The molecular formula is C9H16N5O+. The van der Waals surface area contributed by atoms with Gasteiger partial charge in [0.25, 0.3) is 5.82 Å². The molecule has 0 amide bonds. The first kappa shape index (κ1) is 10.1. The predicted octanol–water partition coefficient (Wildman–Crippen LogP) is 0.212. The Morgan fingerprint density at radius 1 is 1.47 bits per heavy atom. The monoisotopic (exact) mass is 210 g/mol. The van der Waals surface area contributed by atoms with Crippen LogP contribution in [0.2, 0.25) is 0 Å². The number of likely N-dealkylation sites (N-methyl/N-ethyl adjacent to an activating group) is 1. The summed E-state index contributed by atoms with van der Waals surface area (Å²) < 4.78 is 0.448. The van der Waals surface area contributed by atoms with Crippen molar-refractivity contribution in [2.45, 2.75) is 6.04 Å². The number of fused-ring (bicyclic) bond motifs is 1. The van der Waals surface area contributed by atoms with E-state index >= 15 is 0 Å². The third-order valence-corrected chi connectivity index (χ3v) is 2.68. The third-order valence-electron chi connectivity index (χ3n) is 2.68. The molecule has 1 atom stereocenters. The van der Waals surface area contributed by atoms with Crippen molar-refractivity contribution in [3.05, 3.63) is 18.0 Å². The predicted molar refractivity (Wildman–Crippen MR) is 56.4 cm³/mol. The van der Waals surface area contributed by atoms with Gasteiger partial charge in [0, 0.05) is 0 Å². The molecule has 1 aromatic heterocycles. The van der Waals surface area contributed by atoms with Crippen LogP contribution in [0.5, 0.6) is 0 Å². The Labute approximate surface area is 88.6 Å². The van der Waals surface area contributed by atoms with E-state index in [1.165, 1.54) is 0 Å². The van der Waals surface area contributed by atoms with Crippen LogP contribution in [-0.4, -0.2) is 53.5 Å². The van der Waals surface area contributed by atoms with Crippen LogP contribution in [0, 0.1) is 0 Å². The molecule has 82 valence electrons. The molecule has 0 saturated heterocycles. The van der Waals surface area contributed by atoms with Crippen LogP contribution in [0.1, 0.15) is 11.7 Å². The molecule has 0 saturated carbocycles. The fourth-order valence-corrected chi connectivity index (χ4v) is 1.87. The average Bonchev–Trinajstić information content (AvgIpc) is 2.48. The molecular weight excluding hydrogens is 194 g/mol. The second-order valence-electron chi connectivity index (χ2n) is 4.48. The lowest BCUT2D eigenvalue weighted by Crippen LogP contribution is -2.40. The van der Waals surface area contributed by atoms with E-state index in [1.54, 1.807) is 0 Å². The number of hydrogen-bond acceptors (Lipinski definition) is 4. The Morgan fingerprint density at radius 2 is 2.13 bits per heavy atom. The van der Waals surface area contributed by atoms with E-state index in [0.717, 1.165) is 10.5 Å². The van der Waals surface area contributed by atoms with Crippen molar-refractivity contribution in [1.29, 1.82) is 0 Å². The second-order valence-corrected chi connectivity index (χ2v) is 4.48. The maximum Gasteiger partial charge on any atom is 0.292 e. The summed E-state index contributed by atoms with van der Waals surface area (Å²) >= 11 is 0. The highest BCUT2D eigenvalue weighted by molar-refractivity contribution is 5.47. The third kappa shape index (κ3) is 1.42. The van der Waals surface area contributed by atoms with Crippen molar-refractivity contribution in [3.63, 3.8) is 0 Å². The lowest BCUT2D eigenvalue weighted by atomic mass is 10.1. The van der Waals surface area contributed by atoms with Gasteiger partial charge >= 0.3 is 0 Å². The Morgan fingerprint density at radius 3 is 2.73 bits per heavy atom. The SMILES string of the molecule is CN(C)C1C=C[N+](C)(C)c2c1nnn2O. The van der Waals surface area contributed by atoms with Crippen molar-refractivity contribution in [3.8, 4) is 0 Å². The molecule has 6 nitrogen and oxygen atoms in total. The molecule has 0 bridgehead atoms. The minimum atomic E-state index is 0.0760. The van der Waals surface area contributed by atoms with Crippen LogP contribution in [-0.2, 0) is 0 Å². The van der Waals surface area contributed by atoms with Crippen LogP contribution in [0.25, 0.3) is 0 Å². The summed E-state index contributed by atoms with van der Waals surface area (Å²) in [5, 5.41) is 17.3. The van der Waals surface area contributed by atoms with Crippen LogP contribution in [0.15, 0.2) is 12.3 Å². The molecule has 2 heterocycles. The summed E-state index contributed by atoms with van der Waals surface area (Å²) in [6.45, 7) is 0. The van der Waals surface area contributed by atoms with Gasteiger partial charge in [0.2, 0.25) is 0 Å². The maximum atomic E-state index is 9.61. The summed E-state index contributed by atoms with van der Waals surface area (Å²) in [5.74, 6) is 0.705. The quantitative estimate of drug-likeness (QED) is 0.532. The topological polar surface area (TPSA) is 54.2 Å². The minimum absolute atomic E-state index is 0.0760. The van der Waals surface area contributed by atoms with Gasteiger partial charge in [0.15, 0.2) is 5.69 Å². The fraction of sp³-hybridized carbons (Fsp3) is 0.556. The van der Waals surface area contributed by atoms with Gasteiger partial charge in [-0.1, -0.05) is 0 Å². The highest BCUT2D eigenvalue weighted by Gasteiger charge is 2.37. The van der Waals surface area contributed by atoms with Crippen LogP contribution < -0.4 is 4.48 Å². The Bertz CT molecular complexity index is 407. The van der Waals surface area contributed by atoms with Crippen LogP contribution in [0.4, 0.5) is 5.82 Å². The summed E-state index contributed by atoms with van der Waals surface area (Å²) in [7, 11) is 7.88. The van der Waals surface area contributed by atoms with E-state index in [4.69, 9.17) is 0 Å². The smallest absolute Gasteiger partial charge is 0.292 e. The molecule has 1 unspecified atom stereocenters. The van der Waals surface area contributed by atoms with Gasteiger partial charge in [-0.05, 0) is 30.2 Å². The molecule has 1 aromatic rings. The fourth-order valence-electron chi connectivity index (χ4n) is 1.87. The number of quaternary nitrogens is 1. The highest BCUT2D eigenvalue weighted by atomic mass is 16.5. The summed E-state index contributed by atoms with van der Waals surface area (Å²) in [6.07, 6.45) is 4.08. The first-order valence-electron chi connectivity index (χ1n) is 4.78. The molecule has 0 aliphatic carbocycles. The van der Waals surface area contributed by atoms with Crippen LogP contribution >= 0.6 is 0 Å². The van der Waals surface area contributed by atoms with E-state index < -0.39 is 0 Å². The van der Waals surface area contributed by atoms with Gasteiger partial charge in [-0.15, -0.1) is 5.10 Å².